The van der Waals surface area contributed by atoms with Crippen molar-refractivity contribution in [1.82, 2.24) is 10.2 Å². The van der Waals surface area contributed by atoms with Crippen molar-refractivity contribution < 1.29 is 0 Å². The monoisotopic (exact) mass is 196 g/mol. The summed E-state index contributed by atoms with van der Waals surface area (Å²) in [5.41, 5.74) is 0. The SMILES string of the molecule is CCC(C)C1CN(C)C(C2CC2)CN1. The average molecular weight is 196 g/mol. The average Bonchev–Trinajstić information content (AvgIpc) is 3.00. The Morgan fingerprint density at radius 2 is 2.14 bits per heavy atom. The van der Waals surface area contributed by atoms with Crippen molar-refractivity contribution >= 4 is 0 Å². The Balaban J connectivity index is 1.85. The highest BCUT2D eigenvalue weighted by atomic mass is 15.2. The van der Waals surface area contributed by atoms with Gasteiger partial charge in [0.1, 0.15) is 0 Å². The number of likely N-dealkylation sites (N-methyl/N-ethyl adjacent to an activating group) is 1. The van der Waals surface area contributed by atoms with Gasteiger partial charge in [-0.05, 0) is 31.7 Å². The molecule has 2 fully saturated rings. The highest BCUT2D eigenvalue weighted by Gasteiger charge is 2.37. The fourth-order valence-electron chi connectivity index (χ4n) is 2.61. The minimum atomic E-state index is 0.722. The van der Waals surface area contributed by atoms with E-state index in [1.54, 1.807) is 0 Å². The number of rotatable bonds is 3. The summed E-state index contributed by atoms with van der Waals surface area (Å²) in [4.78, 5) is 2.59. The fourth-order valence-corrected chi connectivity index (χ4v) is 2.61. The summed E-state index contributed by atoms with van der Waals surface area (Å²) in [7, 11) is 2.30. The van der Waals surface area contributed by atoms with E-state index in [4.69, 9.17) is 0 Å². The van der Waals surface area contributed by atoms with Crippen molar-refractivity contribution in [1.29, 1.82) is 0 Å². The van der Waals surface area contributed by atoms with E-state index in [2.05, 4.69) is 31.1 Å². The lowest BCUT2D eigenvalue weighted by atomic mass is 9.95. The van der Waals surface area contributed by atoms with Gasteiger partial charge < -0.3 is 10.2 Å². The molecule has 1 aliphatic carbocycles. The number of nitrogens with zero attached hydrogens (tertiary/aromatic N) is 1. The molecule has 3 atom stereocenters. The zero-order valence-electron chi connectivity index (χ0n) is 9.79. The van der Waals surface area contributed by atoms with Crippen LogP contribution in [-0.4, -0.2) is 37.1 Å². The van der Waals surface area contributed by atoms with Crippen LogP contribution in [0.5, 0.6) is 0 Å². The highest BCUT2D eigenvalue weighted by Crippen LogP contribution is 2.36. The summed E-state index contributed by atoms with van der Waals surface area (Å²) < 4.78 is 0. The van der Waals surface area contributed by atoms with Crippen molar-refractivity contribution in [2.24, 2.45) is 11.8 Å². The molecule has 0 aromatic rings. The molecule has 0 amide bonds. The molecule has 2 rings (SSSR count). The van der Waals surface area contributed by atoms with Crippen LogP contribution in [0.15, 0.2) is 0 Å². The molecule has 82 valence electrons. The van der Waals surface area contributed by atoms with Crippen LogP contribution in [0.2, 0.25) is 0 Å². The molecule has 3 unspecified atom stereocenters. The van der Waals surface area contributed by atoms with Crippen LogP contribution in [0.4, 0.5) is 0 Å². The van der Waals surface area contributed by atoms with E-state index in [0.29, 0.717) is 0 Å². The first-order chi connectivity index (χ1) is 6.72. The van der Waals surface area contributed by atoms with Crippen LogP contribution in [0.3, 0.4) is 0 Å². The first kappa shape index (κ1) is 10.4. The molecular formula is C12H24N2. The van der Waals surface area contributed by atoms with Crippen LogP contribution in [0, 0.1) is 11.8 Å². The van der Waals surface area contributed by atoms with Crippen LogP contribution < -0.4 is 5.32 Å². The summed E-state index contributed by atoms with van der Waals surface area (Å²) in [5.74, 6) is 1.82. The van der Waals surface area contributed by atoms with Crippen LogP contribution in [0.25, 0.3) is 0 Å². The summed E-state index contributed by atoms with van der Waals surface area (Å²) >= 11 is 0. The van der Waals surface area contributed by atoms with Gasteiger partial charge in [-0.25, -0.2) is 0 Å². The molecule has 0 radical (unpaired) electrons. The highest BCUT2D eigenvalue weighted by molar-refractivity contribution is 4.94. The molecule has 2 aliphatic rings. The van der Waals surface area contributed by atoms with Crippen LogP contribution in [0.1, 0.15) is 33.1 Å². The van der Waals surface area contributed by atoms with Crippen molar-refractivity contribution in [2.45, 2.75) is 45.2 Å². The topological polar surface area (TPSA) is 15.3 Å². The Kier molecular flexibility index (Phi) is 3.13. The molecule has 1 saturated carbocycles. The van der Waals surface area contributed by atoms with Gasteiger partial charge in [0.05, 0.1) is 0 Å². The molecule has 0 bridgehead atoms. The molecule has 0 aromatic heterocycles. The van der Waals surface area contributed by atoms with Gasteiger partial charge in [0, 0.05) is 25.2 Å². The molecule has 0 aromatic carbocycles. The van der Waals surface area contributed by atoms with Gasteiger partial charge in [0.15, 0.2) is 0 Å². The maximum atomic E-state index is 3.73. The summed E-state index contributed by atoms with van der Waals surface area (Å²) in [5, 5.41) is 3.73. The second-order valence-corrected chi connectivity index (χ2v) is 5.24. The predicted octanol–water partition coefficient (Wildman–Crippen LogP) is 1.71. The summed E-state index contributed by atoms with van der Waals surface area (Å²) in [6.07, 6.45) is 4.22. The Morgan fingerprint density at radius 3 is 2.64 bits per heavy atom. The molecule has 2 nitrogen and oxygen atoms in total. The third-order valence-corrected chi connectivity index (χ3v) is 4.14. The quantitative estimate of drug-likeness (QED) is 0.739. The maximum Gasteiger partial charge on any atom is 0.0246 e. The summed E-state index contributed by atoms with van der Waals surface area (Å²) in [6, 6.07) is 1.55. The Labute approximate surface area is 88.1 Å². The smallest absolute Gasteiger partial charge is 0.0246 e. The van der Waals surface area contributed by atoms with Crippen molar-refractivity contribution in [3.8, 4) is 0 Å². The van der Waals surface area contributed by atoms with Gasteiger partial charge in [-0.2, -0.15) is 0 Å². The van der Waals surface area contributed by atoms with Gasteiger partial charge in [0.25, 0.3) is 0 Å². The maximum absolute atomic E-state index is 3.73. The molecule has 0 spiro atoms. The van der Waals surface area contributed by atoms with E-state index in [9.17, 15) is 0 Å². The molecule has 1 saturated heterocycles. The van der Waals surface area contributed by atoms with Crippen molar-refractivity contribution in [3.05, 3.63) is 0 Å². The van der Waals surface area contributed by atoms with E-state index >= 15 is 0 Å². The van der Waals surface area contributed by atoms with Crippen LogP contribution >= 0.6 is 0 Å². The Bertz CT molecular complexity index is 189. The molecule has 14 heavy (non-hydrogen) atoms. The lowest BCUT2D eigenvalue weighted by Crippen LogP contribution is -2.57. The predicted molar refractivity (Wildman–Crippen MR) is 60.4 cm³/mol. The van der Waals surface area contributed by atoms with Gasteiger partial charge in [0.2, 0.25) is 0 Å². The lowest BCUT2D eigenvalue weighted by Gasteiger charge is -2.40. The van der Waals surface area contributed by atoms with E-state index in [1.165, 1.54) is 32.4 Å². The Hall–Kier alpha value is -0.0800. The third-order valence-electron chi connectivity index (χ3n) is 4.14. The largest absolute Gasteiger partial charge is 0.311 e. The molecule has 1 heterocycles. The summed E-state index contributed by atoms with van der Waals surface area (Å²) in [6.45, 7) is 7.12. The van der Waals surface area contributed by atoms with Crippen LogP contribution in [-0.2, 0) is 0 Å². The first-order valence-corrected chi connectivity index (χ1v) is 6.16. The molecular weight excluding hydrogens is 172 g/mol. The third kappa shape index (κ3) is 2.12. The minimum absolute atomic E-state index is 0.722. The van der Waals surface area contributed by atoms with E-state index in [0.717, 1.165) is 23.9 Å². The van der Waals surface area contributed by atoms with E-state index in [-0.39, 0.29) is 0 Å². The van der Waals surface area contributed by atoms with Gasteiger partial charge in [-0.1, -0.05) is 20.3 Å². The zero-order chi connectivity index (χ0) is 10.1. The number of nitrogens with one attached hydrogen (secondary N) is 1. The standard InChI is InChI=1S/C12H24N2/c1-4-9(2)11-8-14(3)12(7-13-11)10-5-6-10/h9-13H,4-8H2,1-3H3. The second kappa shape index (κ2) is 4.19. The normalized spacial score (nSPS) is 37.1. The number of hydrogen-bond acceptors (Lipinski definition) is 2. The van der Waals surface area contributed by atoms with Crippen molar-refractivity contribution in [3.63, 3.8) is 0 Å². The lowest BCUT2D eigenvalue weighted by molar-refractivity contribution is 0.123. The first-order valence-electron chi connectivity index (χ1n) is 6.16. The van der Waals surface area contributed by atoms with Gasteiger partial charge in [-0.15, -0.1) is 0 Å². The Morgan fingerprint density at radius 1 is 1.43 bits per heavy atom. The molecule has 1 aliphatic heterocycles. The second-order valence-electron chi connectivity index (χ2n) is 5.24. The number of hydrogen-bond donors (Lipinski definition) is 1. The van der Waals surface area contributed by atoms with E-state index in [1.807, 2.05) is 0 Å². The van der Waals surface area contributed by atoms with Gasteiger partial charge >= 0.3 is 0 Å². The van der Waals surface area contributed by atoms with Crippen molar-refractivity contribution in [2.75, 3.05) is 20.1 Å². The van der Waals surface area contributed by atoms with E-state index < -0.39 is 0 Å². The van der Waals surface area contributed by atoms with Gasteiger partial charge in [-0.3, -0.25) is 0 Å². The fraction of sp³-hybridized carbons (Fsp3) is 1.00. The molecule has 2 heteroatoms. The molecule has 1 N–H and O–H groups in total. The number of piperazine rings is 1. The zero-order valence-corrected chi connectivity index (χ0v) is 9.79. The minimum Gasteiger partial charge on any atom is -0.311 e.